The molecular formula is C23H23Cl2FN2O2. The van der Waals surface area contributed by atoms with Crippen molar-refractivity contribution >= 4 is 29.1 Å². The van der Waals surface area contributed by atoms with Crippen LogP contribution in [-0.2, 0) is 17.8 Å². The zero-order valence-electron chi connectivity index (χ0n) is 16.7. The second kappa shape index (κ2) is 10.6. The fourth-order valence-electron chi connectivity index (χ4n) is 3.24. The molecule has 0 aliphatic carbocycles. The lowest BCUT2D eigenvalue weighted by atomic mass is 10.2. The zero-order valence-corrected chi connectivity index (χ0v) is 18.2. The fourth-order valence-corrected chi connectivity index (χ4v) is 3.54. The number of carbonyl (C=O) groups excluding carboxylic acids is 1. The number of amides is 1. The molecule has 2 aromatic carbocycles. The van der Waals surface area contributed by atoms with Gasteiger partial charge in [-0.05, 0) is 54.4 Å². The van der Waals surface area contributed by atoms with Crippen LogP contribution in [0.25, 0.3) is 0 Å². The van der Waals surface area contributed by atoms with Gasteiger partial charge in [0, 0.05) is 44.3 Å². The number of aromatic nitrogens is 1. The summed E-state index contributed by atoms with van der Waals surface area (Å²) >= 11 is 12.1. The van der Waals surface area contributed by atoms with Gasteiger partial charge in [-0.2, -0.15) is 0 Å². The molecule has 0 bridgehead atoms. The number of hydrogen-bond acceptors (Lipinski definition) is 2. The van der Waals surface area contributed by atoms with E-state index in [2.05, 4.69) is 0 Å². The molecule has 0 radical (unpaired) electrons. The van der Waals surface area contributed by atoms with Crippen molar-refractivity contribution in [3.8, 4) is 0 Å². The van der Waals surface area contributed by atoms with E-state index >= 15 is 0 Å². The van der Waals surface area contributed by atoms with Gasteiger partial charge in [-0.25, -0.2) is 4.39 Å². The van der Waals surface area contributed by atoms with Crippen LogP contribution in [0, 0.1) is 5.82 Å². The van der Waals surface area contributed by atoms with Crippen LogP contribution in [0.2, 0.25) is 10.0 Å². The van der Waals surface area contributed by atoms with Crippen LogP contribution in [0.4, 0.5) is 4.39 Å². The Kier molecular flexibility index (Phi) is 7.91. The second-order valence-corrected chi connectivity index (χ2v) is 7.77. The van der Waals surface area contributed by atoms with Crippen molar-refractivity contribution in [3.63, 3.8) is 0 Å². The maximum Gasteiger partial charge on any atom is 0.254 e. The number of hydrogen-bond donors (Lipinski definition) is 0. The van der Waals surface area contributed by atoms with Gasteiger partial charge in [0.05, 0.1) is 16.6 Å². The summed E-state index contributed by atoms with van der Waals surface area (Å²) in [5, 5.41) is 0.747. The smallest absolute Gasteiger partial charge is 0.254 e. The number of benzene rings is 2. The van der Waals surface area contributed by atoms with Crippen LogP contribution in [0.3, 0.4) is 0 Å². The molecule has 7 heteroatoms. The molecule has 0 atom stereocenters. The molecule has 158 valence electrons. The predicted molar refractivity (Wildman–Crippen MR) is 118 cm³/mol. The van der Waals surface area contributed by atoms with E-state index in [9.17, 15) is 9.18 Å². The summed E-state index contributed by atoms with van der Waals surface area (Å²) in [4.78, 5) is 14.9. The standard InChI is InChI=1S/C23H23Cl2FN2O2/c1-30-12-4-11-28(23(29)18-8-9-21(24)22(25)14-18)16-20-7-3-10-27(20)15-17-5-2-6-19(26)13-17/h2-3,5-10,13-14H,4,11-12,15-16H2,1H3. The molecule has 1 aromatic heterocycles. The van der Waals surface area contributed by atoms with Gasteiger partial charge in [0.15, 0.2) is 0 Å². The Hall–Kier alpha value is -2.34. The fraction of sp³-hybridized carbons (Fsp3) is 0.261. The van der Waals surface area contributed by atoms with Gasteiger partial charge in [-0.1, -0.05) is 35.3 Å². The minimum absolute atomic E-state index is 0.136. The largest absolute Gasteiger partial charge is 0.385 e. The number of rotatable bonds is 9. The molecule has 0 aliphatic heterocycles. The first kappa shape index (κ1) is 22.3. The van der Waals surface area contributed by atoms with Crippen molar-refractivity contribution in [3.05, 3.63) is 93.5 Å². The molecule has 0 fully saturated rings. The Morgan fingerprint density at radius 1 is 1.10 bits per heavy atom. The van der Waals surface area contributed by atoms with E-state index in [4.69, 9.17) is 27.9 Å². The van der Waals surface area contributed by atoms with Crippen LogP contribution in [-0.4, -0.2) is 35.6 Å². The average molecular weight is 449 g/mol. The maximum absolute atomic E-state index is 13.5. The normalized spacial score (nSPS) is 10.9. The molecule has 1 heterocycles. The molecule has 0 saturated heterocycles. The summed E-state index contributed by atoms with van der Waals surface area (Å²) in [6.45, 7) is 2.01. The van der Waals surface area contributed by atoms with Crippen LogP contribution in [0.15, 0.2) is 60.8 Å². The number of carbonyl (C=O) groups is 1. The van der Waals surface area contributed by atoms with E-state index in [0.717, 1.165) is 11.3 Å². The van der Waals surface area contributed by atoms with Gasteiger partial charge in [0.1, 0.15) is 5.82 Å². The summed E-state index contributed by atoms with van der Waals surface area (Å²) in [7, 11) is 1.63. The van der Waals surface area contributed by atoms with E-state index < -0.39 is 0 Å². The molecule has 0 N–H and O–H groups in total. The average Bonchev–Trinajstić information content (AvgIpc) is 3.15. The van der Waals surface area contributed by atoms with Crippen molar-refractivity contribution in [2.24, 2.45) is 0 Å². The van der Waals surface area contributed by atoms with E-state index in [1.165, 1.54) is 12.1 Å². The Bertz CT molecular complexity index is 1010. The maximum atomic E-state index is 13.5. The summed E-state index contributed by atoms with van der Waals surface area (Å²) in [6.07, 6.45) is 2.63. The first-order chi connectivity index (χ1) is 14.5. The Morgan fingerprint density at radius 3 is 2.67 bits per heavy atom. The van der Waals surface area contributed by atoms with Crippen molar-refractivity contribution in [2.75, 3.05) is 20.3 Å². The van der Waals surface area contributed by atoms with Gasteiger partial charge in [-0.15, -0.1) is 0 Å². The highest BCUT2D eigenvalue weighted by molar-refractivity contribution is 6.42. The third kappa shape index (κ3) is 5.85. The number of ether oxygens (including phenoxy) is 1. The van der Waals surface area contributed by atoms with Gasteiger partial charge < -0.3 is 14.2 Å². The quantitative estimate of drug-likeness (QED) is 0.395. The summed E-state index contributed by atoms with van der Waals surface area (Å²) in [5.41, 5.74) is 2.28. The predicted octanol–water partition coefficient (Wildman–Crippen LogP) is 5.66. The van der Waals surface area contributed by atoms with Gasteiger partial charge in [-0.3, -0.25) is 4.79 Å². The van der Waals surface area contributed by atoms with Crippen molar-refractivity contribution < 1.29 is 13.9 Å². The summed E-state index contributed by atoms with van der Waals surface area (Å²) in [6, 6.07) is 15.3. The molecule has 30 heavy (non-hydrogen) atoms. The van der Waals surface area contributed by atoms with Crippen molar-refractivity contribution in [1.29, 1.82) is 0 Å². The molecule has 4 nitrogen and oxygen atoms in total. The molecular weight excluding hydrogens is 426 g/mol. The van der Waals surface area contributed by atoms with Crippen LogP contribution in [0.1, 0.15) is 28.0 Å². The van der Waals surface area contributed by atoms with E-state index in [-0.39, 0.29) is 11.7 Å². The monoisotopic (exact) mass is 448 g/mol. The summed E-state index contributed by atoms with van der Waals surface area (Å²) in [5.74, 6) is -0.402. The van der Waals surface area contributed by atoms with Crippen molar-refractivity contribution in [2.45, 2.75) is 19.5 Å². The third-order valence-electron chi connectivity index (χ3n) is 4.75. The second-order valence-electron chi connectivity index (χ2n) is 6.96. The SMILES string of the molecule is COCCCN(Cc1cccn1Cc1cccc(F)c1)C(=O)c1ccc(Cl)c(Cl)c1. The third-order valence-corrected chi connectivity index (χ3v) is 5.49. The molecule has 0 unspecified atom stereocenters. The van der Waals surface area contributed by atoms with Crippen molar-refractivity contribution in [1.82, 2.24) is 9.47 Å². The highest BCUT2D eigenvalue weighted by Gasteiger charge is 2.18. The van der Waals surface area contributed by atoms with Gasteiger partial charge >= 0.3 is 0 Å². The Balaban J connectivity index is 1.80. The highest BCUT2D eigenvalue weighted by atomic mass is 35.5. The Morgan fingerprint density at radius 2 is 1.93 bits per heavy atom. The van der Waals surface area contributed by atoms with Crippen LogP contribution >= 0.6 is 23.2 Å². The van der Waals surface area contributed by atoms with E-state index in [0.29, 0.717) is 48.3 Å². The van der Waals surface area contributed by atoms with E-state index in [1.54, 1.807) is 36.3 Å². The van der Waals surface area contributed by atoms with E-state index in [1.807, 2.05) is 29.0 Å². The van der Waals surface area contributed by atoms with Gasteiger partial charge in [0.25, 0.3) is 5.91 Å². The molecule has 3 rings (SSSR count). The highest BCUT2D eigenvalue weighted by Crippen LogP contribution is 2.24. The topological polar surface area (TPSA) is 34.5 Å². The van der Waals surface area contributed by atoms with Crippen LogP contribution in [0.5, 0.6) is 0 Å². The summed E-state index contributed by atoms with van der Waals surface area (Å²) < 4.78 is 20.7. The molecule has 1 amide bonds. The van der Waals surface area contributed by atoms with Gasteiger partial charge in [0.2, 0.25) is 0 Å². The lowest BCUT2D eigenvalue weighted by Crippen LogP contribution is -2.33. The molecule has 3 aromatic rings. The lowest BCUT2D eigenvalue weighted by Gasteiger charge is -2.24. The zero-order chi connectivity index (χ0) is 21.5. The molecule has 0 saturated carbocycles. The lowest BCUT2D eigenvalue weighted by molar-refractivity contribution is 0.0720. The minimum Gasteiger partial charge on any atom is -0.385 e. The molecule has 0 aliphatic rings. The first-order valence-electron chi connectivity index (χ1n) is 9.59. The Labute approximate surface area is 185 Å². The number of methoxy groups -OCH3 is 1. The number of nitrogens with zero attached hydrogens (tertiary/aromatic N) is 2. The first-order valence-corrected chi connectivity index (χ1v) is 10.3. The minimum atomic E-state index is -0.266. The number of halogens is 3. The molecule has 0 spiro atoms. The van der Waals surface area contributed by atoms with Crippen LogP contribution < -0.4 is 0 Å².